The highest BCUT2D eigenvalue weighted by Crippen LogP contribution is 2.12. The smallest absolute Gasteiger partial charge is 0.0972 e. The predicted octanol–water partition coefficient (Wildman–Crippen LogP) is -0.0421. The molecule has 2 unspecified atom stereocenters. The van der Waals surface area contributed by atoms with Gasteiger partial charge in [0.25, 0.3) is 0 Å². The van der Waals surface area contributed by atoms with E-state index in [1.165, 1.54) is 6.92 Å². The lowest BCUT2D eigenvalue weighted by molar-refractivity contribution is -0.0307. The molecule has 0 fully saturated rings. The number of hydrogen-bond acceptors (Lipinski definition) is 4. The van der Waals surface area contributed by atoms with Gasteiger partial charge in [0.05, 0.1) is 11.7 Å². The Labute approximate surface area is 66.1 Å². The molecule has 2 N–H and O–H groups in total. The van der Waals surface area contributed by atoms with E-state index in [1.54, 1.807) is 0 Å². The van der Waals surface area contributed by atoms with Gasteiger partial charge in [-0.05, 0) is 6.92 Å². The van der Waals surface area contributed by atoms with Crippen molar-refractivity contribution in [1.29, 1.82) is 0 Å². The van der Waals surface area contributed by atoms with Gasteiger partial charge in [0.15, 0.2) is 0 Å². The van der Waals surface area contributed by atoms with E-state index in [4.69, 9.17) is 5.11 Å². The van der Waals surface area contributed by atoms with E-state index >= 15 is 0 Å². The molecular formula is C5H12O2S2. The van der Waals surface area contributed by atoms with Crippen molar-refractivity contribution in [2.24, 2.45) is 0 Å². The van der Waals surface area contributed by atoms with Crippen molar-refractivity contribution >= 4 is 25.3 Å². The zero-order chi connectivity index (χ0) is 7.49. The topological polar surface area (TPSA) is 40.5 Å². The Morgan fingerprint density at radius 2 is 2.00 bits per heavy atom. The largest absolute Gasteiger partial charge is 0.389 e. The van der Waals surface area contributed by atoms with Crippen molar-refractivity contribution in [3.63, 3.8) is 0 Å². The number of hydrogen-bond donors (Lipinski definition) is 4. The van der Waals surface area contributed by atoms with Crippen molar-refractivity contribution in [2.75, 3.05) is 11.5 Å². The number of aliphatic hydroxyl groups is 2. The molecule has 0 spiro atoms. The minimum atomic E-state index is -1.11. The van der Waals surface area contributed by atoms with Crippen LogP contribution in [0.4, 0.5) is 0 Å². The van der Waals surface area contributed by atoms with E-state index in [-0.39, 0.29) is 11.5 Å². The summed E-state index contributed by atoms with van der Waals surface area (Å²) in [6, 6.07) is 0. The van der Waals surface area contributed by atoms with Crippen LogP contribution in [0.25, 0.3) is 0 Å². The molecule has 0 rings (SSSR count). The van der Waals surface area contributed by atoms with Crippen LogP contribution in [-0.2, 0) is 0 Å². The normalized spacial score (nSPS) is 21.0. The molecule has 0 saturated carbocycles. The highest BCUT2D eigenvalue weighted by Gasteiger charge is 2.26. The van der Waals surface area contributed by atoms with Gasteiger partial charge in [-0.1, -0.05) is 0 Å². The van der Waals surface area contributed by atoms with E-state index in [2.05, 4.69) is 25.3 Å². The fraction of sp³-hybridized carbons (Fsp3) is 1.00. The molecule has 2 nitrogen and oxygen atoms in total. The third kappa shape index (κ3) is 2.80. The van der Waals surface area contributed by atoms with E-state index in [0.717, 1.165) is 0 Å². The van der Waals surface area contributed by atoms with E-state index in [9.17, 15) is 5.11 Å². The van der Waals surface area contributed by atoms with Crippen LogP contribution < -0.4 is 0 Å². The Bertz CT molecular complexity index is 85.0. The minimum absolute atomic E-state index is 0.245. The van der Waals surface area contributed by atoms with Crippen LogP contribution in [-0.4, -0.2) is 33.4 Å². The maximum absolute atomic E-state index is 9.22. The molecule has 0 aliphatic heterocycles. The molecule has 56 valence electrons. The van der Waals surface area contributed by atoms with Crippen LogP contribution in [0.15, 0.2) is 0 Å². The van der Waals surface area contributed by atoms with Gasteiger partial charge in [-0.15, -0.1) is 0 Å². The fourth-order valence-corrected chi connectivity index (χ4v) is 0.906. The third-order valence-corrected chi connectivity index (χ3v) is 2.20. The minimum Gasteiger partial charge on any atom is -0.389 e. The van der Waals surface area contributed by atoms with Crippen molar-refractivity contribution in [1.82, 2.24) is 0 Å². The van der Waals surface area contributed by atoms with Gasteiger partial charge < -0.3 is 10.2 Å². The molecule has 0 aliphatic carbocycles. The lowest BCUT2D eigenvalue weighted by atomic mass is 10.0. The highest BCUT2D eigenvalue weighted by atomic mass is 32.1. The SMILES string of the molecule is CC(O)(CS)C(O)CS. The fourth-order valence-electron chi connectivity index (χ4n) is 0.302. The number of thiol groups is 2. The number of rotatable bonds is 3. The summed E-state index contributed by atoms with van der Waals surface area (Å²) in [5, 5.41) is 18.2. The van der Waals surface area contributed by atoms with Crippen LogP contribution in [0, 0.1) is 0 Å². The summed E-state index contributed by atoms with van der Waals surface area (Å²) in [7, 11) is 0. The zero-order valence-electron chi connectivity index (χ0n) is 5.28. The monoisotopic (exact) mass is 168 g/mol. The first kappa shape index (κ1) is 9.62. The van der Waals surface area contributed by atoms with Gasteiger partial charge in [0.2, 0.25) is 0 Å². The molecule has 0 aromatic heterocycles. The summed E-state index contributed by atoms with van der Waals surface area (Å²) in [5.74, 6) is 0.502. The van der Waals surface area contributed by atoms with Crippen molar-refractivity contribution < 1.29 is 10.2 Å². The first-order valence-electron chi connectivity index (χ1n) is 2.66. The second kappa shape index (κ2) is 3.71. The highest BCUT2D eigenvalue weighted by molar-refractivity contribution is 7.80. The molecule has 9 heavy (non-hydrogen) atoms. The van der Waals surface area contributed by atoms with Crippen molar-refractivity contribution in [3.05, 3.63) is 0 Å². The van der Waals surface area contributed by atoms with E-state index < -0.39 is 11.7 Å². The Balaban J connectivity index is 3.80. The summed E-state index contributed by atoms with van der Waals surface area (Å²) in [6.07, 6.45) is -0.793. The Hall–Kier alpha value is 0.620. The molecule has 0 aromatic carbocycles. The molecular weight excluding hydrogens is 156 g/mol. The molecule has 0 bridgehead atoms. The zero-order valence-corrected chi connectivity index (χ0v) is 7.07. The second-order valence-electron chi connectivity index (χ2n) is 2.21. The maximum atomic E-state index is 9.22. The van der Waals surface area contributed by atoms with Crippen LogP contribution in [0.3, 0.4) is 0 Å². The molecule has 2 atom stereocenters. The van der Waals surface area contributed by atoms with Crippen LogP contribution in [0.2, 0.25) is 0 Å². The lowest BCUT2D eigenvalue weighted by Crippen LogP contribution is -2.42. The Morgan fingerprint density at radius 3 is 2.11 bits per heavy atom. The first-order valence-corrected chi connectivity index (χ1v) is 3.93. The van der Waals surface area contributed by atoms with Gasteiger partial charge >= 0.3 is 0 Å². The van der Waals surface area contributed by atoms with Gasteiger partial charge in [0, 0.05) is 11.5 Å². The van der Waals surface area contributed by atoms with E-state index in [1.807, 2.05) is 0 Å². The molecule has 0 saturated heterocycles. The number of aliphatic hydroxyl groups excluding tert-OH is 1. The third-order valence-electron chi connectivity index (χ3n) is 1.21. The van der Waals surface area contributed by atoms with E-state index in [0.29, 0.717) is 0 Å². The average Bonchev–Trinajstić information content (AvgIpc) is 1.86. The van der Waals surface area contributed by atoms with Gasteiger partial charge in [-0.2, -0.15) is 25.3 Å². The van der Waals surface area contributed by atoms with Crippen LogP contribution >= 0.6 is 25.3 Å². The molecule has 0 heterocycles. The van der Waals surface area contributed by atoms with Crippen molar-refractivity contribution in [3.8, 4) is 0 Å². The van der Waals surface area contributed by atoms with Crippen LogP contribution in [0.1, 0.15) is 6.92 Å². The quantitative estimate of drug-likeness (QED) is 0.447. The summed E-state index contributed by atoms with van der Waals surface area (Å²) < 4.78 is 0. The Kier molecular flexibility index (Phi) is 3.96. The summed E-state index contributed by atoms with van der Waals surface area (Å²) in [5.41, 5.74) is -1.11. The molecule has 4 heteroatoms. The van der Waals surface area contributed by atoms with Gasteiger partial charge in [0.1, 0.15) is 0 Å². The maximum Gasteiger partial charge on any atom is 0.0972 e. The van der Waals surface area contributed by atoms with Crippen LogP contribution in [0.5, 0.6) is 0 Å². The second-order valence-corrected chi connectivity index (χ2v) is 2.90. The van der Waals surface area contributed by atoms with Gasteiger partial charge in [-0.25, -0.2) is 0 Å². The molecule has 0 aliphatic rings. The summed E-state index contributed by atoms with van der Waals surface area (Å²) >= 11 is 7.67. The lowest BCUT2D eigenvalue weighted by Gasteiger charge is -2.25. The molecule has 0 aromatic rings. The summed E-state index contributed by atoms with van der Waals surface area (Å²) in [4.78, 5) is 0. The molecule has 0 amide bonds. The van der Waals surface area contributed by atoms with Gasteiger partial charge in [-0.3, -0.25) is 0 Å². The standard InChI is InChI=1S/C5H12O2S2/c1-5(7,3-9)4(6)2-8/h4,6-9H,2-3H2,1H3. The molecule has 0 radical (unpaired) electrons. The summed E-state index contributed by atoms with van der Waals surface area (Å²) in [6.45, 7) is 1.53. The predicted molar refractivity (Wildman–Crippen MR) is 44.3 cm³/mol. The average molecular weight is 168 g/mol. The first-order chi connectivity index (χ1) is 4.04. The Morgan fingerprint density at radius 1 is 1.56 bits per heavy atom. The van der Waals surface area contributed by atoms with Crippen molar-refractivity contribution in [2.45, 2.75) is 18.6 Å².